The summed E-state index contributed by atoms with van der Waals surface area (Å²) in [5.74, 6) is -0.206. The summed E-state index contributed by atoms with van der Waals surface area (Å²) >= 11 is 0. The Morgan fingerprint density at radius 3 is 1.27 bits per heavy atom. The maximum atomic E-state index is 12.9. The second-order valence-electron chi connectivity index (χ2n) is 19.9. The number of hydrogen-bond donors (Lipinski definition) is 2. The van der Waals surface area contributed by atoms with Gasteiger partial charge in [-0.05, 0) is 57.8 Å². The summed E-state index contributed by atoms with van der Waals surface area (Å²) in [4.78, 5) is 25.4. The number of aliphatic hydroxyl groups is 1. The summed E-state index contributed by atoms with van der Waals surface area (Å²) in [7, 11) is 1.25. The molecular weight excluding hydrogens is 816 g/mol. The fraction of sp³-hybridized carbons (Fsp3) is 0.873. The van der Waals surface area contributed by atoms with E-state index in [1.165, 1.54) is 199 Å². The second kappa shape index (κ2) is 46.8. The van der Waals surface area contributed by atoms with Crippen LogP contribution in [-0.4, -0.2) is 68.5 Å². The lowest BCUT2D eigenvalue weighted by Gasteiger charge is -2.29. The number of nitrogens with zero attached hydrogens (tertiary/aromatic N) is 1. The van der Waals surface area contributed by atoms with E-state index >= 15 is 0 Å². The van der Waals surface area contributed by atoms with Gasteiger partial charge in [-0.2, -0.15) is 0 Å². The highest BCUT2D eigenvalue weighted by Crippen LogP contribution is 2.38. The third-order valence-electron chi connectivity index (χ3n) is 12.3. The molecule has 2 N–H and O–H groups in total. The Bertz CT molecular complexity index is 1140. The zero-order valence-electron chi connectivity index (χ0n) is 43.0. The van der Waals surface area contributed by atoms with E-state index in [1.807, 2.05) is 27.2 Å². The van der Waals surface area contributed by atoms with Crippen molar-refractivity contribution < 1.29 is 32.9 Å². The molecule has 8 nitrogen and oxygen atoms in total. The number of quaternary nitrogens is 1. The molecule has 64 heavy (non-hydrogen) atoms. The minimum Gasteiger partial charge on any atom is -0.756 e. The van der Waals surface area contributed by atoms with Crippen LogP contribution in [0.15, 0.2) is 36.5 Å². The Balaban J connectivity index is 4.02. The first-order valence-electron chi connectivity index (χ1n) is 27.4. The Morgan fingerprint density at radius 2 is 0.875 bits per heavy atom. The van der Waals surface area contributed by atoms with E-state index in [0.717, 1.165) is 38.5 Å². The van der Waals surface area contributed by atoms with E-state index in [4.69, 9.17) is 9.05 Å². The van der Waals surface area contributed by atoms with Crippen molar-refractivity contribution in [3.05, 3.63) is 36.5 Å². The number of carbonyl (C=O) groups excluding carboxylic acids is 1. The molecule has 378 valence electrons. The summed E-state index contributed by atoms with van der Waals surface area (Å²) in [5, 5.41) is 13.8. The van der Waals surface area contributed by atoms with Crippen molar-refractivity contribution in [1.82, 2.24) is 5.32 Å². The van der Waals surface area contributed by atoms with Gasteiger partial charge < -0.3 is 28.8 Å². The largest absolute Gasteiger partial charge is 0.756 e. The average Bonchev–Trinajstić information content (AvgIpc) is 3.25. The van der Waals surface area contributed by atoms with Gasteiger partial charge in [0, 0.05) is 6.42 Å². The summed E-state index contributed by atoms with van der Waals surface area (Å²) in [6.07, 6.45) is 59.6. The lowest BCUT2D eigenvalue weighted by molar-refractivity contribution is -0.870. The van der Waals surface area contributed by atoms with Crippen LogP contribution in [0.2, 0.25) is 0 Å². The average molecular weight is 923 g/mol. The van der Waals surface area contributed by atoms with Gasteiger partial charge in [-0.3, -0.25) is 9.36 Å². The predicted octanol–water partition coefficient (Wildman–Crippen LogP) is 15.6. The van der Waals surface area contributed by atoms with E-state index in [0.29, 0.717) is 17.4 Å². The van der Waals surface area contributed by atoms with E-state index in [-0.39, 0.29) is 12.5 Å². The van der Waals surface area contributed by atoms with Crippen molar-refractivity contribution in [1.29, 1.82) is 0 Å². The number of nitrogens with one attached hydrogen (secondary N) is 1. The van der Waals surface area contributed by atoms with Gasteiger partial charge in [0.05, 0.1) is 39.9 Å². The highest BCUT2D eigenvalue weighted by Gasteiger charge is 2.23. The number of unbranched alkanes of at least 4 members (excludes halogenated alkanes) is 33. The van der Waals surface area contributed by atoms with E-state index in [9.17, 15) is 19.4 Å². The lowest BCUT2D eigenvalue weighted by Crippen LogP contribution is -2.45. The van der Waals surface area contributed by atoms with Gasteiger partial charge in [0.25, 0.3) is 7.82 Å². The molecule has 0 aliphatic carbocycles. The molecule has 3 unspecified atom stereocenters. The molecule has 9 heteroatoms. The van der Waals surface area contributed by atoms with Gasteiger partial charge in [0.2, 0.25) is 5.91 Å². The monoisotopic (exact) mass is 923 g/mol. The molecule has 0 aromatic carbocycles. The molecule has 0 rings (SSSR count). The van der Waals surface area contributed by atoms with Crippen LogP contribution in [0.5, 0.6) is 0 Å². The van der Waals surface area contributed by atoms with E-state index < -0.39 is 26.6 Å². The molecule has 1 amide bonds. The highest BCUT2D eigenvalue weighted by atomic mass is 31.2. The number of phosphoric ester groups is 1. The van der Waals surface area contributed by atoms with Crippen LogP contribution in [0.1, 0.15) is 258 Å². The molecule has 0 bridgehead atoms. The van der Waals surface area contributed by atoms with Crippen LogP contribution in [-0.2, 0) is 18.4 Å². The maximum absolute atomic E-state index is 12.9. The number of hydrogen-bond acceptors (Lipinski definition) is 6. The first-order chi connectivity index (χ1) is 31.0. The fourth-order valence-electron chi connectivity index (χ4n) is 7.99. The molecular formula is C55H107N2O6P. The lowest BCUT2D eigenvalue weighted by atomic mass is 10.0. The van der Waals surface area contributed by atoms with Gasteiger partial charge >= 0.3 is 0 Å². The number of carbonyl (C=O) groups is 1. The van der Waals surface area contributed by atoms with Crippen LogP contribution in [0.3, 0.4) is 0 Å². The molecule has 0 aliphatic rings. The predicted molar refractivity (Wildman–Crippen MR) is 275 cm³/mol. The van der Waals surface area contributed by atoms with Crippen LogP contribution < -0.4 is 10.2 Å². The Morgan fingerprint density at radius 1 is 0.531 bits per heavy atom. The van der Waals surface area contributed by atoms with Crippen molar-refractivity contribution in [2.75, 3.05) is 40.9 Å². The summed E-state index contributed by atoms with van der Waals surface area (Å²) in [6.45, 7) is 4.62. The van der Waals surface area contributed by atoms with E-state index in [2.05, 4.69) is 43.5 Å². The van der Waals surface area contributed by atoms with Crippen LogP contribution in [0.4, 0.5) is 0 Å². The third kappa shape index (κ3) is 48.6. The molecule has 3 atom stereocenters. The van der Waals surface area contributed by atoms with Crippen molar-refractivity contribution in [2.45, 2.75) is 270 Å². The molecule has 0 saturated heterocycles. The van der Waals surface area contributed by atoms with Gasteiger partial charge in [-0.15, -0.1) is 0 Å². The SMILES string of the molecule is CCCCCCC/C=C/CC/C=C/C(O)C(COP(=O)([O-])OCC[N+](C)(C)C)NC(=O)CCCCCCCCCCCCCCCCC/C=C\CCCCCCCCCCCCCC. The molecule has 0 aromatic rings. The standard InChI is InChI=1S/C55H107N2O6P/c1-6-8-10-12-14-16-18-19-20-21-22-23-24-25-26-27-28-29-30-31-32-33-34-35-36-37-39-41-43-45-47-49-55(59)56-53(52-63-64(60,61)62-51-50-57(3,4)5)54(58)48-46-44-42-40-38-17-15-13-11-9-7-2/h25-26,38,40,46,48,53-54,58H,6-24,27-37,39,41-45,47,49-52H2,1-5H3,(H-,56,59,60,61)/b26-25-,40-38+,48-46+. The zero-order chi connectivity index (χ0) is 47.1. The van der Waals surface area contributed by atoms with Crippen molar-refractivity contribution in [2.24, 2.45) is 0 Å². The molecule has 0 heterocycles. The molecule has 0 saturated carbocycles. The smallest absolute Gasteiger partial charge is 0.268 e. The summed E-state index contributed by atoms with van der Waals surface area (Å²) < 4.78 is 23.2. The van der Waals surface area contributed by atoms with Crippen LogP contribution >= 0.6 is 7.82 Å². The maximum Gasteiger partial charge on any atom is 0.268 e. The molecule has 0 aromatic heterocycles. The van der Waals surface area contributed by atoms with Gasteiger partial charge in [0.15, 0.2) is 0 Å². The van der Waals surface area contributed by atoms with E-state index in [1.54, 1.807) is 6.08 Å². The van der Waals surface area contributed by atoms with Gasteiger partial charge in [-0.25, -0.2) is 0 Å². The van der Waals surface area contributed by atoms with Gasteiger partial charge in [-0.1, -0.05) is 230 Å². The topological polar surface area (TPSA) is 108 Å². The number of allylic oxidation sites excluding steroid dienone is 5. The second-order valence-corrected chi connectivity index (χ2v) is 21.3. The Labute approximate surface area is 397 Å². The number of likely N-dealkylation sites (N-methyl/N-ethyl adjacent to an activating group) is 1. The van der Waals surface area contributed by atoms with Gasteiger partial charge in [0.1, 0.15) is 13.2 Å². The normalized spacial score (nSPS) is 14.3. The molecule has 0 fully saturated rings. The first kappa shape index (κ1) is 62.7. The fourth-order valence-corrected chi connectivity index (χ4v) is 8.71. The molecule has 0 aliphatic heterocycles. The number of aliphatic hydroxyl groups excluding tert-OH is 1. The minimum atomic E-state index is -4.59. The number of phosphoric acid groups is 1. The van der Waals surface area contributed by atoms with Crippen molar-refractivity contribution in [3.8, 4) is 0 Å². The highest BCUT2D eigenvalue weighted by molar-refractivity contribution is 7.45. The summed E-state index contributed by atoms with van der Waals surface area (Å²) in [5.41, 5.74) is 0. The summed E-state index contributed by atoms with van der Waals surface area (Å²) in [6, 6.07) is -0.900. The molecule has 0 spiro atoms. The first-order valence-corrected chi connectivity index (χ1v) is 28.8. The Kier molecular flexibility index (Phi) is 45.9. The van der Waals surface area contributed by atoms with Crippen LogP contribution in [0, 0.1) is 0 Å². The number of amides is 1. The van der Waals surface area contributed by atoms with Crippen molar-refractivity contribution in [3.63, 3.8) is 0 Å². The zero-order valence-corrected chi connectivity index (χ0v) is 43.9. The molecule has 0 radical (unpaired) electrons. The van der Waals surface area contributed by atoms with Crippen LogP contribution in [0.25, 0.3) is 0 Å². The quantitative estimate of drug-likeness (QED) is 0.0272. The number of rotatable bonds is 50. The third-order valence-corrected chi connectivity index (χ3v) is 13.3. The Hall–Kier alpha value is -1.28. The van der Waals surface area contributed by atoms with Crippen molar-refractivity contribution >= 4 is 13.7 Å². The minimum absolute atomic E-state index is 0.00567.